The molecule has 0 radical (unpaired) electrons. The van der Waals surface area contributed by atoms with Crippen molar-refractivity contribution in [2.75, 3.05) is 16.4 Å². The van der Waals surface area contributed by atoms with Crippen LogP contribution < -0.4 is 16.4 Å². The van der Waals surface area contributed by atoms with Gasteiger partial charge >= 0.3 is 0 Å². The average molecular weight is 614 g/mol. The molecule has 1 saturated carbocycles. The number of hydrogen-bond donors (Lipinski definition) is 3. The van der Waals surface area contributed by atoms with E-state index in [0.29, 0.717) is 33.5 Å². The van der Waals surface area contributed by atoms with Crippen LogP contribution in [0, 0.1) is 24.5 Å². The van der Waals surface area contributed by atoms with Crippen LogP contribution in [0.25, 0.3) is 0 Å². The molecule has 4 nitrogen and oxygen atoms in total. The van der Waals surface area contributed by atoms with Crippen molar-refractivity contribution in [1.29, 1.82) is 0 Å². The minimum absolute atomic E-state index is 0.00669. The monoisotopic (exact) mass is 611 g/mol. The van der Waals surface area contributed by atoms with E-state index in [9.17, 15) is 13.6 Å². The number of benzene rings is 3. The largest absolute Gasteiger partial charge is 0.396 e. The molecule has 12 heteroatoms. The van der Waals surface area contributed by atoms with Gasteiger partial charge in [0.2, 0.25) is 5.91 Å². The summed E-state index contributed by atoms with van der Waals surface area (Å²) in [6.07, 6.45) is 0. The summed E-state index contributed by atoms with van der Waals surface area (Å²) in [7, 11) is 0. The number of rotatable bonds is 6. The average Bonchev–Trinajstić information content (AvgIpc) is 3.38. The van der Waals surface area contributed by atoms with Crippen LogP contribution in [-0.4, -0.2) is 10.2 Å². The summed E-state index contributed by atoms with van der Waals surface area (Å²) in [6.45, 7) is 1.83. The van der Waals surface area contributed by atoms with Gasteiger partial charge in [-0.3, -0.25) is 4.79 Å². The molecule has 0 saturated heterocycles. The predicted octanol–water partition coefficient (Wildman–Crippen LogP) is 8.61. The Morgan fingerprint density at radius 2 is 1.61 bits per heavy atom. The topological polar surface area (TPSA) is 67.2 Å². The molecule has 190 valence electrons. The van der Waals surface area contributed by atoms with Crippen LogP contribution in [0.15, 0.2) is 36.4 Å². The Labute approximate surface area is 235 Å². The highest BCUT2D eigenvalue weighted by Gasteiger charge is 2.67. The Kier molecular flexibility index (Phi) is 7.78. The van der Waals surface area contributed by atoms with Crippen molar-refractivity contribution in [1.82, 2.24) is 0 Å². The molecule has 0 aromatic heterocycles. The first kappa shape index (κ1) is 27.4. The van der Waals surface area contributed by atoms with Gasteiger partial charge in [-0.1, -0.05) is 46.4 Å². The van der Waals surface area contributed by atoms with Gasteiger partial charge in [0.1, 0.15) is 16.0 Å². The van der Waals surface area contributed by atoms with E-state index >= 15 is 0 Å². The van der Waals surface area contributed by atoms with Gasteiger partial charge in [0.05, 0.1) is 32.4 Å². The van der Waals surface area contributed by atoms with Crippen LogP contribution in [-0.2, 0) is 11.3 Å². The van der Waals surface area contributed by atoms with Gasteiger partial charge in [0.25, 0.3) is 0 Å². The molecule has 3 aromatic rings. The minimum atomic E-state index is -1.38. The zero-order valence-corrected chi connectivity index (χ0v) is 22.9. The maximum Gasteiger partial charge on any atom is 0.231 e. The number of alkyl halides is 2. The molecule has 3 aromatic carbocycles. The first-order valence-electron chi connectivity index (χ1n) is 10.4. The number of hydrogen-bond acceptors (Lipinski definition) is 3. The van der Waals surface area contributed by atoms with E-state index in [1.807, 2.05) is 0 Å². The number of nitrogens with two attached hydrogens (primary N) is 1. The molecule has 1 aliphatic rings. The number of carbonyl (C=O) groups excluding carboxylic acids is 1. The highest BCUT2D eigenvalue weighted by atomic mass is 35.5. The maximum atomic E-state index is 14.1. The van der Waals surface area contributed by atoms with Gasteiger partial charge in [-0.2, -0.15) is 0 Å². The number of amides is 1. The predicted molar refractivity (Wildman–Crippen MR) is 145 cm³/mol. The Balaban J connectivity index is 1.53. The van der Waals surface area contributed by atoms with E-state index in [1.54, 1.807) is 31.2 Å². The summed E-state index contributed by atoms with van der Waals surface area (Å²) in [5, 5.41) is 6.69. The lowest BCUT2D eigenvalue weighted by molar-refractivity contribution is -0.117. The summed E-state index contributed by atoms with van der Waals surface area (Å²) >= 11 is 37.6. The molecule has 1 amide bonds. The lowest BCUT2D eigenvalue weighted by atomic mass is 10.1. The summed E-state index contributed by atoms with van der Waals surface area (Å²) in [4.78, 5) is 13.1. The molecule has 0 bridgehead atoms. The highest BCUT2D eigenvalue weighted by molar-refractivity contribution is 6.54. The highest BCUT2D eigenvalue weighted by Crippen LogP contribution is 2.65. The molecule has 4 rings (SSSR count). The smallest absolute Gasteiger partial charge is 0.231 e. The van der Waals surface area contributed by atoms with Crippen LogP contribution in [0.2, 0.25) is 20.1 Å². The zero-order valence-electron chi connectivity index (χ0n) is 18.3. The number of carbonyl (C=O) groups is 1. The van der Waals surface area contributed by atoms with E-state index in [-0.39, 0.29) is 33.0 Å². The number of nitrogen functional groups attached to an aromatic ring is 1. The fourth-order valence-corrected chi connectivity index (χ4v) is 5.59. The van der Waals surface area contributed by atoms with Crippen LogP contribution in [0.1, 0.15) is 22.6 Å². The van der Waals surface area contributed by atoms with Gasteiger partial charge in [0, 0.05) is 29.2 Å². The normalized spacial score (nSPS) is 18.1. The third-order valence-electron chi connectivity index (χ3n) is 5.85. The van der Waals surface area contributed by atoms with Crippen molar-refractivity contribution in [3.63, 3.8) is 0 Å². The molecule has 36 heavy (non-hydrogen) atoms. The number of nitrogens with one attached hydrogen (secondary N) is 2. The lowest BCUT2D eigenvalue weighted by Gasteiger charge is -2.14. The number of halogens is 8. The van der Waals surface area contributed by atoms with E-state index in [2.05, 4.69) is 10.6 Å². The standard InChI is InChI=1S/C24H17Cl6F2N3O/c1-9-2-12(3-11(21(9)27)8-34-18-7-17(33)15(31)6-16(18)32)35-23(36)20-19(24(20,29)30)10-4-13(25)22(28)14(26)5-10/h2-7,19-20,34H,8,33H2,1H3,(H,35,36)/t19-,20+/m0/s1. The molecule has 4 N–H and O–H groups in total. The molecule has 0 unspecified atom stereocenters. The van der Waals surface area contributed by atoms with Crippen molar-refractivity contribution in [3.8, 4) is 0 Å². The first-order valence-corrected chi connectivity index (χ1v) is 12.7. The van der Waals surface area contributed by atoms with Gasteiger partial charge in [0.15, 0.2) is 0 Å². The Hall–Kier alpha value is -1.67. The second kappa shape index (κ2) is 10.2. The Morgan fingerprint density at radius 1 is 0.972 bits per heavy atom. The fraction of sp³-hybridized carbons (Fsp3) is 0.208. The van der Waals surface area contributed by atoms with Crippen molar-refractivity contribution in [3.05, 3.63) is 84.8 Å². The maximum absolute atomic E-state index is 14.1. The molecule has 0 aliphatic heterocycles. The number of aryl methyl sites for hydroxylation is 1. The second-order valence-corrected chi connectivity index (χ2v) is 11.4. The first-order chi connectivity index (χ1) is 16.8. The summed E-state index contributed by atoms with van der Waals surface area (Å²) < 4.78 is 26.1. The molecule has 0 spiro atoms. The third kappa shape index (κ3) is 5.31. The van der Waals surface area contributed by atoms with E-state index in [1.165, 1.54) is 0 Å². The number of anilines is 3. The lowest BCUT2D eigenvalue weighted by Crippen LogP contribution is -2.17. The molecular weight excluding hydrogens is 597 g/mol. The van der Waals surface area contributed by atoms with Gasteiger partial charge in [-0.15, -0.1) is 23.2 Å². The van der Waals surface area contributed by atoms with Gasteiger partial charge < -0.3 is 16.4 Å². The van der Waals surface area contributed by atoms with Crippen LogP contribution >= 0.6 is 69.6 Å². The summed E-state index contributed by atoms with van der Waals surface area (Å²) in [6, 6.07) is 8.30. The zero-order chi connectivity index (χ0) is 26.5. The summed E-state index contributed by atoms with van der Waals surface area (Å²) in [5.41, 5.74) is 7.57. The summed E-state index contributed by atoms with van der Waals surface area (Å²) in [5.74, 6) is -3.43. The second-order valence-electron chi connectivity index (χ2n) is 8.39. The Bertz CT molecular complexity index is 1360. The van der Waals surface area contributed by atoms with Gasteiger partial charge in [-0.05, 0) is 53.9 Å². The quantitative estimate of drug-likeness (QED) is 0.148. The fourth-order valence-electron chi connectivity index (χ4n) is 3.98. The van der Waals surface area contributed by atoms with Crippen LogP contribution in [0.5, 0.6) is 0 Å². The van der Waals surface area contributed by atoms with E-state index in [0.717, 1.165) is 6.07 Å². The third-order valence-corrected chi connectivity index (χ3v) is 8.53. The van der Waals surface area contributed by atoms with Crippen molar-refractivity contribution < 1.29 is 13.6 Å². The van der Waals surface area contributed by atoms with Crippen molar-refractivity contribution in [2.45, 2.75) is 23.7 Å². The molecule has 1 fully saturated rings. The molecule has 0 heterocycles. The molecule has 1 aliphatic carbocycles. The van der Waals surface area contributed by atoms with E-state index in [4.69, 9.17) is 75.3 Å². The molecule has 2 atom stereocenters. The van der Waals surface area contributed by atoms with Gasteiger partial charge in [-0.25, -0.2) is 8.78 Å². The van der Waals surface area contributed by atoms with E-state index < -0.39 is 33.7 Å². The van der Waals surface area contributed by atoms with Crippen LogP contribution in [0.3, 0.4) is 0 Å². The minimum Gasteiger partial charge on any atom is -0.396 e. The van der Waals surface area contributed by atoms with Crippen molar-refractivity contribution >= 4 is 92.6 Å². The Morgan fingerprint density at radius 3 is 2.25 bits per heavy atom. The van der Waals surface area contributed by atoms with Crippen molar-refractivity contribution in [2.24, 2.45) is 5.92 Å². The van der Waals surface area contributed by atoms with Crippen LogP contribution in [0.4, 0.5) is 25.8 Å². The molecular formula is C24H17Cl6F2N3O. The SMILES string of the molecule is Cc1cc(NC(=O)[C@H]2[C@H](c3cc(Cl)c(Cl)c(Cl)c3)C2(Cl)Cl)cc(CNc2cc(N)c(F)cc2F)c1Cl.